The van der Waals surface area contributed by atoms with Crippen LogP contribution in [0.3, 0.4) is 0 Å². The highest BCUT2D eigenvalue weighted by Crippen LogP contribution is 2.19. The first kappa shape index (κ1) is 10.1. The fourth-order valence-corrected chi connectivity index (χ4v) is 1.89. The summed E-state index contributed by atoms with van der Waals surface area (Å²) in [6.07, 6.45) is 0.857. The summed E-state index contributed by atoms with van der Waals surface area (Å²) < 4.78 is 0. The molecule has 0 aliphatic carbocycles. The normalized spacial score (nSPS) is 12.0. The summed E-state index contributed by atoms with van der Waals surface area (Å²) in [5.41, 5.74) is 0. The van der Waals surface area contributed by atoms with E-state index in [1.54, 1.807) is 11.8 Å². The minimum atomic E-state index is -0.0730. The molecule has 0 heterocycles. The first-order valence-electron chi connectivity index (χ1n) is 4.23. The van der Waals surface area contributed by atoms with Crippen molar-refractivity contribution in [2.75, 3.05) is 5.75 Å². The average molecular weight is 190 g/mol. The van der Waals surface area contributed by atoms with Crippen LogP contribution in [0, 0.1) is 24.2 Å². The molecule has 0 aliphatic rings. The fraction of sp³-hybridized carbons (Fsp3) is 0.273. The van der Waals surface area contributed by atoms with E-state index in [1.165, 1.54) is 4.90 Å². The topological polar surface area (TPSA) is 23.8 Å². The van der Waals surface area contributed by atoms with E-state index in [9.17, 15) is 0 Å². The molecule has 1 unspecified atom stereocenters. The van der Waals surface area contributed by atoms with Crippen molar-refractivity contribution in [3.05, 3.63) is 37.3 Å². The highest BCUT2D eigenvalue weighted by atomic mass is 32.2. The molecule has 2 heteroatoms. The molecule has 0 aromatic heterocycles. The van der Waals surface area contributed by atoms with Crippen molar-refractivity contribution in [1.29, 1.82) is 5.26 Å². The summed E-state index contributed by atoms with van der Waals surface area (Å²) in [6.45, 7) is 3.71. The Morgan fingerprint density at radius 2 is 2.08 bits per heavy atom. The Hall–Kier alpha value is -0.940. The van der Waals surface area contributed by atoms with Gasteiger partial charge in [-0.15, -0.1) is 11.8 Å². The van der Waals surface area contributed by atoms with Crippen LogP contribution in [0.4, 0.5) is 0 Å². The first-order valence-corrected chi connectivity index (χ1v) is 5.22. The number of thioether (sulfide) groups is 1. The van der Waals surface area contributed by atoms with Crippen molar-refractivity contribution in [3.8, 4) is 6.07 Å². The van der Waals surface area contributed by atoms with Gasteiger partial charge in [-0.1, -0.05) is 18.2 Å². The van der Waals surface area contributed by atoms with Gasteiger partial charge in [0.15, 0.2) is 0 Å². The summed E-state index contributed by atoms with van der Waals surface area (Å²) in [6, 6.07) is 12.3. The van der Waals surface area contributed by atoms with Crippen LogP contribution in [-0.2, 0) is 0 Å². The van der Waals surface area contributed by atoms with Crippen LogP contribution in [0.25, 0.3) is 0 Å². The molecule has 1 aromatic rings. The van der Waals surface area contributed by atoms with Gasteiger partial charge in [-0.05, 0) is 31.2 Å². The van der Waals surface area contributed by atoms with Crippen molar-refractivity contribution in [2.24, 2.45) is 5.92 Å². The van der Waals surface area contributed by atoms with E-state index in [4.69, 9.17) is 5.26 Å². The molecule has 0 spiro atoms. The molecule has 0 N–H and O–H groups in total. The molecule has 1 radical (unpaired) electrons. The number of nitrogens with zero attached hydrogens (tertiary/aromatic N) is 1. The van der Waals surface area contributed by atoms with Crippen molar-refractivity contribution in [2.45, 2.75) is 11.3 Å². The van der Waals surface area contributed by atoms with Crippen LogP contribution < -0.4 is 0 Å². The van der Waals surface area contributed by atoms with Gasteiger partial charge in [-0.25, -0.2) is 0 Å². The zero-order valence-corrected chi connectivity index (χ0v) is 8.26. The summed E-state index contributed by atoms with van der Waals surface area (Å²) in [5.74, 6) is 0.891. The second-order valence-corrected chi connectivity index (χ2v) is 3.94. The van der Waals surface area contributed by atoms with E-state index in [0.717, 1.165) is 12.2 Å². The minimum absolute atomic E-state index is 0.0730. The van der Waals surface area contributed by atoms with Crippen LogP contribution in [0.2, 0.25) is 0 Å². The van der Waals surface area contributed by atoms with Crippen LogP contribution in [-0.4, -0.2) is 5.75 Å². The maximum absolute atomic E-state index is 8.51. The molecule has 1 atom stereocenters. The van der Waals surface area contributed by atoms with Crippen LogP contribution in [0.5, 0.6) is 0 Å². The monoisotopic (exact) mass is 190 g/mol. The number of hydrogen-bond donors (Lipinski definition) is 0. The van der Waals surface area contributed by atoms with Gasteiger partial charge in [0.2, 0.25) is 0 Å². The van der Waals surface area contributed by atoms with E-state index in [2.05, 4.69) is 25.1 Å². The van der Waals surface area contributed by atoms with Gasteiger partial charge < -0.3 is 0 Å². The molecular weight excluding hydrogens is 178 g/mol. The van der Waals surface area contributed by atoms with Gasteiger partial charge >= 0.3 is 0 Å². The van der Waals surface area contributed by atoms with E-state index >= 15 is 0 Å². The Morgan fingerprint density at radius 1 is 1.38 bits per heavy atom. The van der Waals surface area contributed by atoms with Gasteiger partial charge in [0, 0.05) is 10.8 Å². The minimum Gasteiger partial charge on any atom is -0.198 e. The number of nitriles is 1. The van der Waals surface area contributed by atoms with E-state index < -0.39 is 0 Å². The van der Waals surface area contributed by atoms with Gasteiger partial charge in [-0.3, -0.25) is 0 Å². The quantitative estimate of drug-likeness (QED) is 0.681. The molecule has 0 saturated heterocycles. The summed E-state index contributed by atoms with van der Waals surface area (Å²) in [4.78, 5) is 1.26. The molecule has 13 heavy (non-hydrogen) atoms. The van der Waals surface area contributed by atoms with E-state index in [0.29, 0.717) is 0 Å². The maximum atomic E-state index is 8.51. The Bertz CT molecular complexity index is 276. The summed E-state index contributed by atoms with van der Waals surface area (Å²) >= 11 is 1.77. The highest BCUT2D eigenvalue weighted by molar-refractivity contribution is 7.99. The third kappa shape index (κ3) is 4.00. The molecule has 0 aliphatic heterocycles. The number of benzene rings is 1. The van der Waals surface area contributed by atoms with Crippen molar-refractivity contribution < 1.29 is 0 Å². The SMILES string of the molecule is [CH2]C(C#N)CCSc1ccccc1. The predicted molar refractivity (Wildman–Crippen MR) is 56.2 cm³/mol. The molecule has 1 aromatic carbocycles. The maximum Gasteiger partial charge on any atom is 0.0656 e. The molecule has 0 bridgehead atoms. The zero-order valence-electron chi connectivity index (χ0n) is 7.44. The Kier molecular flexibility index (Phi) is 4.42. The predicted octanol–water partition coefficient (Wildman–Crippen LogP) is 3.14. The van der Waals surface area contributed by atoms with Crippen LogP contribution in [0.15, 0.2) is 35.2 Å². The number of rotatable bonds is 4. The lowest BCUT2D eigenvalue weighted by molar-refractivity contribution is 0.793. The van der Waals surface area contributed by atoms with E-state index in [-0.39, 0.29) is 5.92 Å². The highest BCUT2D eigenvalue weighted by Gasteiger charge is 1.99. The molecule has 0 saturated carbocycles. The van der Waals surface area contributed by atoms with Crippen molar-refractivity contribution in [3.63, 3.8) is 0 Å². The fourth-order valence-electron chi connectivity index (χ4n) is 0.900. The Balaban J connectivity index is 2.25. The van der Waals surface area contributed by atoms with E-state index in [1.807, 2.05) is 18.2 Å². The third-order valence-corrected chi connectivity index (χ3v) is 2.71. The van der Waals surface area contributed by atoms with Gasteiger partial charge in [-0.2, -0.15) is 5.26 Å². The second kappa shape index (κ2) is 5.66. The average Bonchev–Trinajstić information content (AvgIpc) is 2.19. The van der Waals surface area contributed by atoms with Crippen molar-refractivity contribution >= 4 is 11.8 Å². The molecule has 1 nitrogen and oxygen atoms in total. The molecule has 0 amide bonds. The number of hydrogen-bond acceptors (Lipinski definition) is 2. The Morgan fingerprint density at radius 3 is 2.69 bits per heavy atom. The zero-order chi connectivity index (χ0) is 9.52. The molecule has 1 rings (SSSR count). The lowest BCUT2D eigenvalue weighted by atomic mass is 10.1. The summed E-state index contributed by atoms with van der Waals surface area (Å²) in [7, 11) is 0. The van der Waals surface area contributed by atoms with Crippen LogP contribution >= 0.6 is 11.8 Å². The smallest absolute Gasteiger partial charge is 0.0656 e. The third-order valence-electron chi connectivity index (χ3n) is 1.66. The van der Waals surface area contributed by atoms with Crippen molar-refractivity contribution in [1.82, 2.24) is 0 Å². The molecular formula is C11H12NS. The van der Waals surface area contributed by atoms with Gasteiger partial charge in [0.25, 0.3) is 0 Å². The molecule has 0 fully saturated rings. The lowest BCUT2D eigenvalue weighted by Gasteiger charge is -2.01. The second-order valence-electron chi connectivity index (χ2n) is 2.78. The van der Waals surface area contributed by atoms with Gasteiger partial charge in [0.05, 0.1) is 6.07 Å². The summed E-state index contributed by atoms with van der Waals surface area (Å²) in [5, 5.41) is 8.51. The van der Waals surface area contributed by atoms with Crippen LogP contribution in [0.1, 0.15) is 6.42 Å². The standard InChI is InChI=1S/C11H12NS/c1-10(9-12)7-8-13-11-5-3-2-4-6-11/h2-6,10H,1,7-8H2. The van der Waals surface area contributed by atoms with Gasteiger partial charge in [0.1, 0.15) is 0 Å². The Labute approximate surface area is 83.8 Å². The molecule has 67 valence electrons. The largest absolute Gasteiger partial charge is 0.198 e. The lowest BCUT2D eigenvalue weighted by Crippen LogP contribution is -1.91. The first-order chi connectivity index (χ1) is 6.33.